The third kappa shape index (κ3) is 2.32. The van der Waals surface area contributed by atoms with E-state index in [4.69, 9.17) is 0 Å². The number of anilines is 2. The minimum absolute atomic E-state index is 0.160. The summed E-state index contributed by atoms with van der Waals surface area (Å²) in [6.45, 7) is 3.77. The highest BCUT2D eigenvalue weighted by atomic mass is 32.1. The molecular weight excluding hydrogens is 262 g/mol. The number of aromatic nitrogens is 4. The summed E-state index contributed by atoms with van der Waals surface area (Å²) in [6, 6.07) is 3.69. The number of hydrogen-bond acceptors (Lipinski definition) is 6. The van der Waals surface area contributed by atoms with Gasteiger partial charge in [-0.3, -0.25) is 15.1 Å². The summed E-state index contributed by atoms with van der Waals surface area (Å²) in [5.74, 6) is 0.774. The van der Waals surface area contributed by atoms with Gasteiger partial charge in [0, 0.05) is 11.4 Å². The van der Waals surface area contributed by atoms with E-state index in [0.29, 0.717) is 22.1 Å². The van der Waals surface area contributed by atoms with E-state index in [1.54, 1.807) is 0 Å². The highest BCUT2D eigenvalue weighted by molar-refractivity contribution is 7.17. The monoisotopic (exact) mass is 273 g/mol. The Balaban J connectivity index is 2.03. The first-order valence-electron chi connectivity index (χ1n) is 5.68. The Labute approximate surface area is 112 Å². The van der Waals surface area contributed by atoms with Gasteiger partial charge in [0.2, 0.25) is 11.9 Å². The van der Waals surface area contributed by atoms with E-state index in [-0.39, 0.29) is 5.56 Å². The fraction of sp³-hybridized carbons (Fsp3) is 0.167. The molecule has 0 spiro atoms. The van der Waals surface area contributed by atoms with Crippen molar-refractivity contribution in [1.82, 2.24) is 19.9 Å². The van der Waals surface area contributed by atoms with E-state index in [2.05, 4.69) is 25.3 Å². The summed E-state index contributed by atoms with van der Waals surface area (Å²) < 4.78 is 0.617. The van der Waals surface area contributed by atoms with Gasteiger partial charge in [0.15, 0.2) is 0 Å². The number of aryl methyl sites for hydroxylation is 2. The molecule has 3 aromatic heterocycles. The van der Waals surface area contributed by atoms with Crippen molar-refractivity contribution in [1.29, 1.82) is 0 Å². The smallest absolute Gasteiger partial charge is 0.270 e. The molecule has 0 unspecified atom stereocenters. The molecule has 0 radical (unpaired) electrons. The number of hydrogen-bond donors (Lipinski definition) is 2. The van der Waals surface area contributed by atoms with Crippen LogP contribution in [0.1, 0.15) is 11.4 Å². The first-order valence-corrected chi connectivity index (χ1v) is 6.56. The van der Waals surface area contributed by atoms with Gasteiger partial charge in [-0.15, -0.1) is 11.3 Å². The molecule has 6 nitrogen and oxygen atoms in total. The van der Waals surface area contributed by atoms with Gasteiger partial charge in [-0.25, -0.2) is 15.0 Å². The van der Waals surface area contributed by atoms with Crippen LogP contribution in [0.3, 0.4) is 0 Å². The quantitative estimate of drug-likeness (QED) is 0.747. The lowest BCUT2D eigenvalue weighted by Crippen LogP contribution is -2.11. The van der Waals surface area contributed by atoms with E-state index in [9.17, 15) is 4.79 Å². The second-order valence-electron chi connectivity index (χ2n) is 4.15. The van der Waals surface area contributed by atoms with Crippen LogP contribution in [0.25, 0.3) is 10.2 Å². The molecule has 0 aliphatic heterocycles. The largest absolute Gasteiger partial charge is 0.294 e. The van der Waals surface area contributed by atoms with E-state index < -0.39 is 0 Å². The van der Waals surface area contributed by atoms with Crippen molar-refractivity contribution in [2.24, 2.45) is 0 Å². The van der Waals surface area contributed by atoms with Gasteiger partial charge in [0.05, 0.1) is 5.52 Å². The summed E-state index contributed by atoms with van der Waals surface area (Å²) in [7, 11) is 0. The summed E-state index contributed by atoms with van der Waals surface area (Å²) in [5.41, 5.74) is 2.22. The highest BCUT2D eigenvalue weighted by Crippen LogP contribution is 2.16. The van der Waals surface area contributed by atoms with Crippen LogP contribution in [0.4, 0.5) is 11.9 Å². The number of nitrogens with one attached hydrogen (secondary N) is 2. The molecule has 3 aromatic rings. The van der Waals surface area contributed by atoms with Crippen LogP contribution in [-0.4, -0.2) is 19.9 Å². The number of thiophene rings is 1. The Morgan fingerprint density at radius 2 is 1.95 bits per heavy atom. The van der Waals surface area contributed by atoms with E-state index in [1.807, 2.05) is 31.4 Å². The lowest BCUT2D eigenvalue weighted by atomic mass is 10.4. The normalized spacial score (nSPS) is 10.8. The molecular formula is C12H11N5OS. The van der Waals surface area contributed by atoms with E-state index in [0.717, 1.165) is 11.4 Å². The number of H-pyrrole nitrogens is 1. The van der Waals surface area contributed by atoms with Crippen molar-refractivity contribution < 1.29 is 0 Å². The molecule has 3 heterocycles. The Hall–Kier alpha value is -2.28. The summed E-state index contributed by atoms with van der Waals surface area (Å²) >= 11 is 1.37. The molecule has 0 bridgehead atoms. The van der Waals surface area contributed by atoms with Crippen molar-refractivity contribution in [2.75, 3.05) is 5.32 Å². The SMILES string of the molecule is Cc1cc(C)nc(Nc2nc3ccsc3c(=O)[nH]2)n1. The third-order valence-corrected chi connectivity index (χ3v) is 3.43. The Kier molecular flexibility index (Phi) is 2.75. The van der Waals surface area contributed by atoms with Crippen LogP contribution in [0.5, 0.6) is 0 Å². The summed E-state index contributed by atoms with van der Waals surface area (Å²) in [6.07, 6.45) is 0. The average Bonchev–Trinajstić information content (AvgIpc) is 2.75. The van der Waals surface area contributed by atoms with Crippen LogP contribution in [-0.2, 0) is 0 Å². The van der Waals surface area contributed by atoms with Gasteiger partial charge in [0.25, 0.3) is 5.56 Å². The van der Waals surface area contributed by atoms with Crippen LogP contribution in [0.15, 0.2) is 22.3 Å². The zero-order chi connectivity index (χ0) is 13.4. The standard InChI is InChI=1S/C12H11N5OS/c1-6-5-7(2)14-11(13-6)17-12-15-8-3-4-19-9(8)10(18)16-12/h3-5H,1-2H3,(H2,13,14,15,16,17,18). The maximum atomic E-state index is 11.8. The highest BCUT2D eigenvalue weighted by Gasteiger charge is 2.06. The van der Waals surface area contributed by atoms with Crippen molar-refractivity contribution in [3.05, 3.63) is 39.3 Å². The van der Waals surface area contributed by atoms with Crippen LogP contribution in [0, 0.1) is 13.8 Å². The molecule has 0 aromatic carbocycles. The van der Waals surface area contributed by atoms with Gasteiger partial charge >= 0.3 is 0 Å². The molecule has 0 atom stereocenters. The van der Waals surface area contributed by atoms with E-state index >= 15 is 0 Å². The van der Waals surface area contributed by atoms with E-state index in [1.165, 1.54) is 11.3 Å². The first kappa shape index (κ1) is 11.8. The predicted octanol–water partition coefficient (Wildman–Crippen LogP) is 2.14. The van der Waals surface area contributed by atoms with Gasteiger partial charge in [0.1, 0.15) is 4.70 Å². The molecule has 0 fully saturated rings. The summed E-state index contributed by atoms with van der Waals surface area (Å²) in [4.78, 5) is 27.3. The van der Waals surface area contributed by atoms with Crippen molar-refractivity contribution in [3.63, 3.8) is 0 Å². The number of fused-ring (bicyclic) bond motifs is 1. The zero-order valence-electron chi connectivity index (χ0n) is 10.4. The second-order valence-corrected chi connectivity index (χ2v) is 5.06. The molecule has 3 rings (SSSR count). The maximum absolute atomic E-state index is 11.8. The van der Waals surface area contributed by atoms with Crippen molar-refractivity contribution in [2.45, 2.75) is 13.8 Å². The molecule has 0 saturated heterocycles. The van der Waals surface area contributed by atoms with Gasteiger partial charge in [-0.1, -0.05) is 0 Å². The molecule has 96 valence electrons. The Bertz CT molecular complexity index is 787. The fourth-order valence-electron chi connectivity index (χ4n) is 1.82. The third-order valence-electron chi connectivity index (χ3n) is 2.53. The molecule has 0 aliphatic rings. The second kappa shape index (κ2) is 4.43. The molecule has 0 aliphatic carbocycles. The number of nitrogens with zero attached hydrogens (tertiary/aromatic N) is 3. The lowest BCUT2D eigenvalue weighted by molar-refractivity contribution is 1.04. The fourth-order valence-corrected chi connectivity index (χ4v) is 2.55. The molecule has 19 heavy (non-hydrogen) atoms. The zero-order valence-corrected chi connectivity index (χ0v) is 11.2. The van der Waals surface area contributed by atoms with Crippen LogP contribution in [0.2, 0.25) is 0 Å². The van der Waals surface area contributed by atoms with Gasteiger partial charge < -0.3 is 0 Å². The van der Waals surface area contributed by atoms with Gasteiger partial charge in [-0.05, 0) is 31.4 Å². The Morgan fingerprint density at radius 1 is 1.21 bits per heavy atom. The maximum Gasteiger partial charge on any atom is 0.270 e. The van der Waals surface area contributed by atoms with Gasteiger partial charge in [-0.2, -0.15) is 0 Å². The molecule has 7 heteroatoms. The molecule has 0 saturated carbocycles. The topological polar surface area (TPSA) is 83.6 Å². The summed E-state index contributed by atoms with van der Waals surface area (Å²) in [5, 5.41) is 4.76. The first-order chi connectivity index (χ1) is 9.11. The molecule has 0 amide bonds. The predicted molar refractivity (Wildman–Crippen MR) is 75.0 cm³/mol. The molecule has 2 N–H and O–H groups in total. The van der Waals surface area contributed by atoms with Crippen molar-refractivity contribution >= 4 is 33.5 Å². The minimum Gasteiger partial charge on any atom is -0.294 e. The van der Waals surface area contributed by atoms with Crippen molar-refractivity contribution in [3.8, 4) is 0 Å². The van der Waals surface area contributed by atoms with Crippen LogP contribution >= 0.6 is 11.3 Å². The lowest BCUT2D eigenvalue weighted by Gasteiger charge is -2.05. The number of aromatic amines is 1. The average molecular weight is 273 g/mol. The number of rotatable bonds is 2. The minimum atomic E-state index is -0.160. The van der Waals surface area contributed by atoms with Crippen LogP contribution < -0.4 is 10.9 Å². The Morgan fingerprint density at radius 3 is 2.68 bits per heavy atom.